The summed E-state index contributed by atoms with van der Waals surface area (Å²) in [6.45, 7) is 2.28. The van der Waals surface area contributed by atoms with E-state index in [-0.39, 0.29) is 12.4 Å². The largest absolute Gasteiger partial charge is 0.487 e. The lowest BCUT2D eigenvalue weighted by molar-refractivity contribution is 0.286. The first kappa shape index (κ1) is 22.2. The van der Waals surface area contributed by atoms with Crippen molar-refractivity contribution in [1.29, 1.82) is 0 Å². The summed E-state index contributed by atoms with van der Waals surface area (Å²) in [5.74, 6) is 0.822. The lowest BCUT2D eigenvalue weighted by Crippen LogP contribution is -2.18. The molecule has 0 unspecified atom stereocenters. The number of aromatic nitrogens is 1. The Balaban J connectivity index is 0.00000256. The van der Waals surface area contributed by atoms with Crippen LogP contribution in [-0.4, -0.2) is 16.5 Å². The number of aryl methyl sites for hydroxylation is 1. The van der Waals surface area contributed by atoms with Gasteiger partial charge < -0.3 is 9.30 Å². The fraction of sp³-hybridized carbons (Fsp3) is 0.200. The molecule has 30 heavy (non-hydrogen) atoms. The molecule has 0 saturated carbocycles. The number of benzene rings is 3. The highest BCUT2D eigenvalue weighted by molar-refractivity contribution is 6.30. The van der Waals surface area contributed by atoms with Gasteiger partial charge in [-0.2, -0.15) is 0 Å². The Bertz CT molecular complexity index is 1090. The summed E-state index contributed by atoms with van der Waals surface area (Å²) in [7, 11) is 4.28. The molecule has 3 nitrogen and oxygen atoms in total. The highest BCUT2D eigenvalue weighted by atomic mass is 35.5. The van der Waals surface area contributed by atoms with E-state index in [9.17, 15) is 0 Å². The molecule has 4 aromatic rings. The van der Waals surface area contributed by atoms with E-state index in [1.54, 1.807) is 0 Å². The smallest absolute Gasteiger partial charge is 0.129 e. The van der Waals surface area contributed by atoms with Gasteiger partial charge in [0.15, 0.2) is 0 Å². The van der Waals surface area contributed by atoms with Crippen molar-refractivity contribution in [2.75, 3.05) is 7.05 Å². The summed E-state index contributed by atoms with van der Waals surface area (Å²) >= 11 is 5.99. The van der Waals surface area contributed by atoms with Gasteiger partial charge in [-0.05, 0) is 48.5 Å². The maximum Gasteiger partial charge on any atom is 0.129 e. The second-order valence-corrected chi connectivity index (χ2v) is 7.84. The average Bonchev–Trinajstić information content (AvgIpc) is 3.00. The molecule has 4 rings (SSSR count). The summed E-state index contributed by atoms with van der Waals surface area (Å²) in [6, 6.07) is 26.7. The molecule has 0 aliphatic carbocycles. The molecule has 0 fully saturated rings. The van der Waals surface area contributed by atoms with E-state index in [4.69, 9.17) is 16.3 Å². The molecule has 1 aromatic heterocycles. The maximum atomic E-state index is 6.10. The number of hydrogen-bond acceptors (Lipinski definition) is 2. The van der Waals surface area contributed by atoms with Gasteiger partial charge in [0.05, 0.1) is 5.69 Å². The van der Waals surface area contributed by atoms with Crippen molar-refractivity contribution >= 4 is 34.9 Å². The van der Waals surface area contributed by atoms with Gasteiger partial charge in [0.1, 0.15) is 12.4 Å². The van der Waals surface area contributed by atoms with Crippen LogP contribution in [0.15, 0.2) is 78.9 Å². The molecule has 156 valence electrons. The van der Waals surface area contributed by atoms with Gasteiger partial charge >= 0.3 is 0 Å². The standard InChI is InChI=1S/C25H25ClN2O.ClH/c1-27(16-19-8-4-3-5-9-19)17-23-22-10-6-7-11-24(22)28(2)25(23)18-29-21-14-12-20(26)13-15-21;/h3-15H,16-18H2,1-2H3;1H. The molecule has 0 spiro atoms. The van der Waals surface area contributed by atoms with Gasteiger partial charge in [-0.1, -0.05) is 60.1 Å². The van der Waals surface area contributed by atoms with Gasteiger partial charge in [-0.25, -0.2) is 0 Å². The lowest BCUT2D eigenvalue weighted by Gasteiger charge is -2.18. The van der Waals surface area contributed by atoms with Crippen LogP contribution in [0.3, 0.4) is 0 Å². The summed E-state index contributed by atoms with van der Waals surface area (Å²) in [5, 5.41) is 2.00. The Morgan fingerprint density at radius 2 is 1.53 bits per heavy atom. The fourth-order valence-corrected chi connectivity index (χ4v) is 3.91. The molecule has 0 amide bonds. The first-order valence-corrected chi connectivity index (χ1v) is 10.2. The predicted octanol–water partition coefficient (Wildman–Crippen LogP) is 6.46. The van der Waals surface area contributed by atoms with Gasteiger partial charge in [0.25, 0.3) is 0 Å². The quantitative estimate of drug-likeness (QED) is 0.327. The van der Waals surface area contributed by atoms with Crippen molar-refractivity contribution in [3.8, 4) is 5.75 Å². The minimum atomic E-state index is 0. The van der Waals surface area contributed by atoms with E-state index >= 15 is 0 Å². The number of rotatable bonds is 7. The van der Waals surface area contributed by atoms with Gasteiger partial charge in [-0.3, -0.25) is 4.90 Å². The van der Waals surface area contributed by atoms with Crippen LogP contribution in [0.1, 0.15) is 16.8 Å². The van der Waals surface area contributed by atoms with Gasteiger partial charge in [0.2, 0.25) is 0 Å². The third-order valence-electron chi connectivity index (χ3n) is 5.26. The van der Waals surface area contributed by atoms with Crippen LogP contribution < -0.4 is 4.74 Å². The summed E-state index contributed by atoms with van der Waals surface area (Å²) in [6.07, 6.45) is 0. The minimum absolute atomic E-state index is 0. The first-order valence-electron chi connectivity index (χ1n) is 9.78. The molecule has 0 saturated heterocycles. The number of hydrogen-bond donors (Lipinski definition) is 0. The summed E-state index contributed by atoms with van der Waals surface area (Å²) in [5.41, 5.74) is 5.05. The Labute approximate surface area is 189 Å². The van der Waals surface area contributed by atoms with E-state index in [1.165, 1.54) is 27.7 Å². The zero-order valence-electron chi connectivity index (χ0n) is 17.2. The topological polar surface area (TPSA) is 17.4 Å². The second kappa shape index (κ2) is 10.0. The van der Waals surface area contributed by atoms with Crippen LogP contribution in [0.2, 0.25) is 5.02 Å². The van der Waals surface area contributed by atoms with Crippen LogP contribution in [0.4, 0.5) is 0 Å². The Kier molecular flexibility index (Phi) is 7.43. The number of nitrogens with zero attached hydrogens (tertiary/aromatic N) is 2. The SMILES string of the molecule is CN(Cc1ccccc1)Cc1c(COc2ccc(Cl)cc2)n(C)c2ccccc12.Cl. The zero-order valence-corrected chi connectivity index (χ0v) is 18.8. The Morgan fingerprint density at radius 3 is 2.27 bits per heavy atom. The van der Waals surface area contributed by atoms with E-state index in [0.29, 0.717) is 11.6 Å². The number of ether oxygens (including phenoxy) is 1. The molecular formula is C25H26Cl2N2O. The highest BCUT2D eigenvalue weighted by Gasteiger charge is 2.17. The molecular weight excluding hydrogens is 415 g/mol. The van der Waals surface area contributed by atoms with Crippen molar-refractivity contribution in [2.45, 2.75) is 19.7 Å². The molecule has 5 heteroatoms. The van der Waals surface area contributed by atoms with Crippen molar-refractivity contribution < 1.29 is 4.74 Å². The van der Waals surface area contributed by atoms with Crippen LogP contribution in [-0.2, 0) is 26.7 Å². The van der Waals surface area contributed by atoms with Crippen molar-refractivity contribution in [1.82, 2.24) is 9.47 Å². The van der Waals surface area contributed by atoms with Crippen LogP contribution in [0.25, 0.3) is 10.9 Å². The molecule has 0 atom stereocenters. The van der Waals surface area contributed by atoms with Crippen LogP contribution in [0.5, 0.6) is 5.75 Å². The Hall–Kier alpha value is -2.46. The van der Waals surface area contributed by atoms with Crippen molar-refractivity contribution in [3.05, 3.63) is 101 Å². The number of fused-ring (bicyclic) bond motifs is 1. The molecule has 0 aliphatic rings. The monoisotopic (exact) mass is 440 g/mol. The lowest BCUT2D eigenvalue weighted by atomic mass is 10.1. The third kappa shape index (κ3) is 4.99. The second-order valence-electron chi connectivity index (χ2n) is 7.40. The normalized spacial score (nSPS) is 10.9. The van der Waals surface area contributed by atoms with E-state index < -0.39 is 0 Å². The van der Waals surface area contributed by atoms with Crippen LogP contribution in [0, 0.1) is 0 Å². The molecule has 0 aliphatic heterocycles. The Morgan fingerprint density at radius 1 is 0.867 bits per heavy atom. The van der Waals surface area contributed by atoms with Crippen LogP contribution >= 0.6 is 24.0 Å². The predicted molar refractivity (Wildman–Crippen MR) is 128 cm³/mol. The molecule has 3 aromatic carbocycles. The van der Waals surface area contributed by atoms with E-state index in [0.717, 1.165) is 18.8 Å². The average molecular weight is 441 g/mol. The minimum Gasteiger partial charge on any atom is -0.487 e. The van der Waals surface area contributed by atoms with Gasteiger partial charge in [0, 0.05) is 36.1 Å². The first-order chi connectivity index (χ1) is 14.1. The molecule has 0 N–H and O–H groups in total. The number of para-hydroxylation sites is 1. The van der Waals surface area contributed by atoms with Gasteiger partial charge in [-0.15, -0.1) is 12.4 Å². The zero-order chi connectivity index (χ0) is 20.2. The van der Waals surface area contributed by atoms with Crippen molar-refractivity contribution in [3.63, 3.8) is 0 Å². The molecule has 0 bridgehead atoms. The molecule has 1 heterocycles. The van der Waals surface area contributed by atoms with E-state index in [1.807, 2.05) is 24.3 Å². The maximum absolute atomic E-state index is 6.10. The van der Waals surface area contributed by atoms with Crippen molar-refractivity contribution in [2.24, 2.45) is 7.05 Å². The highest BCUT2D eigenvalue weighted by Crippen LogP contribution is 2.28. The summed E-state index contributed by atoms with van der Waals surface area (Å²) < 4.78 is 8.35. The fourth-order valence-electron chi connectivity index (χ4n) is 3.79. The molecule has 0 radical (unpaired) electrons. The third-order valence-corrected chi connectivity index (χ3v) is 5.51. The summed E-state index contributed by atoms with van der Waals surface area (Å²) in [4.78, 5) is 2.35. The number of halogens is 2. The van der Waals surface area contributed by atoms with E-state index in [2.05, 4.69) is 78.2 Å².